The van der Waals surface area contributed by atoms with Gasteiger partial charge in [0.25, 0.3) is 0 Å². The van der Waals surface area contributed by atoms with E-state index in [9.17, 15) is 0 Å². The van der Waals surface area contributed by atoms with Gasteiger partial charge in [-0.25, -0.2) is 0 Å². The number of aromatic nitrogens is 1. The fraction of sp³-hybridized carbons (Fsp3) is 0.111. The number of H-pyrrole nitrogens is 1. The van der Waals surface area contributed by atoms with Gasteiger partial charge in [-0.05, 0) is 72.6 Å². The van der Waals surface area contributed by atoms with Crippen molar-refractivity contribution >= 4 is 86.3 Å². The fourth-order valence-electron chi connectivity index (χ4n) is 9.76. The minimum atomic E-state index is -1.93. The molecule has 0 saturated heterocycles. The Hall–Kier alpha value is -5.32. The number of benzene rings is 7. The summed E-state index contributed by atoms with van der Waals surface area (Å²) in [5.41, 5.74) is 16.9. The summed E-state index contributed by atoms with van der Waals surface area (Å²) >= 11 is 0. The Labute approximate surface area is 288 Å². The molecule has 0 bridgehead atoms. The lowest BCUT2D eigenvalue weighted by Crippen LogP contribution is -2.62. The van der Waals surface area contributed by atoms with E-state index >= 15 is 0 Å². The van der Waals surface area contributed by atoms with Crippen LogP contribution in [0, 0.1) is 0 Å². The average Bonchev–Trinajstić information content (AvgIpc) is 3.62. The van der Waals surface area contributed by atoms with Gasteiger partial charge in [-0.15, -0.1) is 0 Å². The van der Waals surface area contributed by atoms with Crippen molar-refractivity contribution < 1.29 is 0 Å². The smallest absolute Gasteiger partial charge is 0.197 e. The van der Waals surface area contributed by atoms with Crippen LogP contribution in [-0.4, -0.2) is 20.3 Å². The third kappa shape index (κ3) is 3.37. The molecule has 49 heavy (non-hydrogen) atoms. The Morgan fingerprint density at radius 1 is 0.653 bits per heavy atom. The van der Waals surface area contributed by atoms with Crippen LogP contribution in [0.15, 0.2) is 127 Å². The Morgan fingerprint density at radius 3 is 2.31 bits per heavy atom. The molecule has 0 amide bonds. The van der Waals surface area contributed by atoms with Gasteiger partial charge in [0.05, 0.1) is 5.52 Å². The molecule has 0 atom stereocenters. The van der Waals surface area contributed by atoms with Crippen molar-refractivity contribution in [2.45, 2.75) is 32.4 Å². The molecule has 231 valence electrons. The number of para-hydroxylation sites is 3. The molecule has 2 aliphatic heterocycles. The van der Waals surface area contributed by atoms with Crippen LogP contribution in [0.5, 0.6) is 0 Å². The highest BCUT2D eigenvalue weighted by Gasteiger charge is 2.45. The van der Waals surface area contributed by atoms with Crippen LogP contribution >= 0.6 is 0 Å². The first-order valence-electron chi connectivity index (χ1n) is 17.5. The third-order valence-corrected chi connectivity index (χ3v) is 15.5. The van der Waals surface area contributed by atoms with Gasteiger partial charge in [0, 0.05) is 44.3 Å². The molecule has 1 aromatic heterocycles. The maximum absolute atomic E-state index is 3.95. The first-order chi connectivity index (χ1) is 23.8. The van der Waals surface area contributed by atoms with Crippen molar-refractivity contribution in [1.29, 1.82) is 0 Å². The monoisotopic (exact) mass is 641 g/mol. The highest BCUT2D eigenvalue weighted by molar-refractivity contribution is 7.03. The minimum Gasteiger partial charge on any atom is -0.354 e. The van der Waals surface area contributed by atoms with Crippen LogP contribution in [0.3, 0.4) is 0 Å². The van der Waals surface area contributed by atoms with Crippen molar-refractivity contribution in [3.05, 3.63) is 139 Å². The molecule has 7 aromatic carbocycles. The molecule has 1 radical (unpaired) electrons. The van der Waals surface area contributed by atoms with Crippen LogP contribution in [0.25, 0.3) is 54.8 Å². The lowest BCUT2D eigenvalue weighted by molar-refractivity contribution is 0.662. The van der Waals surface area contributed by atoms with Gasteiger partial charge in [-0.2, -0.15) is 0 Å². The molecule has 8 aromatic rings. The first kappa shape index (κ1) is 27.6. The molecular formula is C45H34BN2Si. The van der Waals surface area contributed by atoms with E-state index in [0.717, 1.165) is 0 Å². The highest BCUT2D eigenvalue weighted by Crippen LogP contribution is 2.55. The Kier molecular flexibility index (Phi) is 5.20. The van der Waals surface area contributed by atoms with E-state index in [-0.39, 0.29) is 5.41 Å². The number of hydrogen-bond acceptors (Lipinski definition) is 1. The van der Waals surface area contributed by atoms with Crippen LogP contribution in [0.4, 0.5) is 17.1 Å². The van der Waals surface area contributed by atoms with E-state index in [0.29, 0.717) is 0 Å². The molecule has 11 rings (SSSR count). The number of anilines is 3. The predicted molar refractivity (Wildman–Crippen MR) is 213 cm³/mol. The largest absolute Gasteiger partial charge is 0.354 e. The minimum absolute atomic E-state index is 0.179. The Morgan fingerprint density at radius 2 is 1.39 bits per heavy atom. The number of nitrogens with one attached hydrogen (secondary N) is 1. The lowest BCUT2D eigenvalue weighted by atomic mass is 9.56. The summed E-state index contributed by atoms with van der Waals surface area (Å²) in [6.07, 6.45) is 0. The number of rotatable bonds is 1. The van der Waals surface area contributed by atoms with Gasteiger partial charge >= 0.3 is 0 Å². The first-order valence-corrected chi connectivity index (χ1v) is 20.5. The summed E-state index contributed by atoms with van der Waals surface area (Å²) in [5, 5.41) is 8.15. The van der Waals surface area contributed by atoms with Gasteiger partial charge in [-0.3, -0.25) is 0 Å². The predicted octanol–water partition coefficient (Wildman–Crippen LogP) is 9.02. The van der Waals surface area contributed by atoms with Gasteiger partial charge in [-0.1, -0.05) is 142 Å². The zero-order chi connectivity index (χ0) is 32.8. The SMILES string of the molecule is CC1(C)c2ccccc2-c2cc3c(c(-c4cccc5c4[nH]c4ccc6ccccc6c45)c21)[B]c1cccc2c1N3c1ccccc1[Si]2(C)C. The van der Waals surface area contributed by atoms with Crippen molar-refractivity contribution in [3.63, 3.8) is 0 Å². The summed E-state index contributed by atoms with van der Waals surface area (Å²) in [7, 11) is 0.577. The maximum Gasteiger partial charge on any atom is 0.197 e. The Balaban J connectivity index is 1.31. The van der Waals surface area contributed by atoms with Crippen molar-refractivity contribution in [3.8, 4) is 22.3 Å². The van der Waals surface area contributed by atoms with Crippen LogP contribution in [-0.2, 0) is 5.41 Å². The van der Waals surface area contributed by atoms with E-state index in [4.69, 9.17) is 0 Å². The fourth-order valence-corrected chi connectivity index (χ4v) is 12.8. The number of fused-ring (bicyclic) bond motifs is 12. The molecule has 4 heteroatoms. The lowest BCUT2D eigenvalue weighted by Gasteiger charge is -2.45. The standard InChI is InChI=1S/C45H34BN2Si/c1-45(2)32-18-8-7-15-28(32)31-25-36-42(46-33-19-12-22-38-44(33)48(36)35-20-9-10-21-37(35)49(38,3)4)40(41(31)45)30-17-11-16-29-39-27-14-6-5-13-26(27)23-24-34(39)47-43(29)30/h5-25,47H,1-4H3. The van der Waals surface area contributed by atoms with Gasteiger partial charge in [0.15, 0.2) is 7.28 Å². The average molecular weight is 642 g/mol. The normalized spacial score (nSPS) is 15.8. The summed E-state index contributed by atoms with van der Waals surface area (Å²) in [6.45, 7) is 9.88. The summed E-state index contributed by atoms with van der Waals surface area (Å²) < 4.78 is 0. The topological polar surface area (TPSA) is 19.0 Å². The zero-order valence-corrected chi connectivity index (χ0v) is 29.1. The molecule has 1 aliphatic carbocycles. The molecule has 1 N–H and O–H groups in total. The van der Waals surface area contributed by atoms with E-state index in [1.165, 1.54) is 104 Å². The summed E-state index contributed by atoms with van der Waals surface area (Å²) in [4.78, 5) is 6.57. The third-order valence-electron chi connectivity index (χ3n) is 12.0. The van der Waals surface area contributed by atoms with E-state index in [1.807, 2.05) is 0 Å². The van der Waals surface area contributed by atoms with E-state index in [2.05, 4.69) is 171 Å². The number of aromatic amines is 1. The van der Waals surface area contributed by atoms with Crippen molar-refractivity contribution in [2.24, 2.45) is 0 Å². The van der Waals surface area contributed by atoms with E-state index in [1.54, 1.807) is 0 Å². The maximum atomic E-state index is 3.95. The second-order valence-corrected chi connectivity index (χ2v) is 19.5. The molecule has 2 nitrogen and oxygen atoms in total. The summed E-state index contributed by atoms with van der Waals surface area (Å²) in [5.74, 6) is 0. The zero-order valence-electron chi connectivity index (χ0n) is 28.1. The molecule has 3 aliphatic rings. The van der Waals surface area contributed by atoms with E-state index < -0.39 is 8.07 Å². The molecule has 0 saturated carbocycles. The van der Waals surface area contributed by atoms with Crippen molar-refractivity contribution in [1.82, 2.24) is 4.98 Å². The Bertz CT molecular complexity index is 2770. The molecule has 3 heterocycles. The number of hydrogen-bond donors (Lipinski definition) is 1. The van der Waals surface area contributed by atoms with Crippen LogP contribution < -0.4 is 26.2 Å². The highest BCUT2D eigenvalue weighted by atomic mass is 28.3. The molecule has 0 spiro atoms. The van der Waals surface area contributed by atoms with Crippen LogP contribution in [0.1, 0.15) is 25.0 Å². The quantitative estimate of drug-likeness (QED) is 0.177. The van der Waals surface area contributed by atoms with Gasteiger partial charge in [0.2, 0.25) is 0 Å². The second kappa shape index (κ2) is 9.22. The number of nitrogens with zero attached hydrogens (tertiary/aromatic N) is 1. The molecule has 0 unspecified atom stereocenters. The molecular weight excluding hydrogens is 607 g/mol. The van der Waals surface area contributed by atoms with Gasteiger partial charge < -0.3 is 9.88 Å². The van der Waals surface area contributed by atoms with Gasteiger partial charge in [0.1, 0.15) is 8.07 Å². The second-order valence-electron chi connectivity index (χ2n) is 15.2. The molecule has 0 fully saturated rings. The van der Waals surface area contributed by atoms with Crippen LogP contribution in [0.2, 0.25) is 13.1 Å². The van der Waals surface area contributed by atoms with Crippen molar-refractivity contribution in [2.75, 3.05) is 4.90 Å². The summed E-state index contributed by atoms with van der Waals surface area (Å²) in [6, 6.07) is 48.0.